The summed E-state index contributed by atoms with van der Waals surface area (Å²) in [7, 11) is 0. The summed E-state index contributed by atoms with van der Waals surface area (Å²) in [4.78, 5) is 0. The second-order valence-corrected chi connectivity index (χ2v) is 5.50. The van der Waals surface area contributed by atoms with Crippen LogP contribution in [0.5, 0.6) is 0 Å². The van der Waals surface area contributed by atoms with Gasteiger partial charge in [-0.15, -0.1) is 0 Å². The normalized spacial score (nSPS) is 27.3. The molecule has 1 rings (SSSR count). The highest BCUT2D eigenvalue weighted by Crippen LogP contribution is 2.44. The Morgan fingerprint density at radius 3 is 2.93 bits per heavy atom. The molecule has 2 heteroatoms. The fourth-order valence-electron chi connectivity index (χ4n) is 2.05. The molecule has 1 aliphatic rings. The maximum Gasteiger partial charge on any atom is 0.0873 e. The van der Waals surface area contributed by atoms with Gasteiger partial charge >= 0.3 is 0 Å². The van der Waals surface area contributed by atoms with Crippen LogP contribution in [-0.4, -0.2) is 17.1 Å². The van der Waals surface area contributed by atoms with Crippen molar-refractivity contribution >= 4 is 11.8 Å². The first-order valence-corrected chi connectivity index (χ1v) is 6.68. The Hall–Kier alpha value is -0.110. The standard InChI is InChI=1S/C12H22OS/c1-3-9-13-10-5-7-12(4-2)8-6-11-14-12/h3,9H,4-8,10-11H2,1-2H3/b9-3+. The van der Waals surface area contributed by atoms with E-state index in [1.165, 1.54) is 37.9 Å². The van der Waals surface area contributed by atoms with Crippen molar-refractivity contribution in [2.45, 2.75) is 50.7 Å². The molecule has 1 fully saturated rings. The van der Waals surface area contributed by atoms with Crippen molar-refractivity contribution in [2.75, 3.05) is 12.4 Å². The van der Waals surface area contributed by atoms with Crippen LogP contribution in [0.3, 0.4) is 0 Å². The van der Waals surface area contributed by atoms with Crippen molar-refractivity contribution in [2.24, 2.45) is 0 Å². The van der Waals surface area contributed by atoms with Crippen molar-refractivity contribution in [3.63, 3.8) is 0 Å². The molecule has 1 saturated heterocycles. The van der Waals surface area contributed by atoms with Crippen molar-refractivity contribution in [3.8, 4) is 0 Å². The third kappa shape index (κ3) is 3.56. The van der Waals surface area contributed by atoms with Crippen molar-refractivity contribution < 1.29 is 4.74 Å². The molecule has 1 aliphatic heterocycles. The predicted octanol–water partition coefficient (Wildman–Crippen LogP) is 3.99. The fourth-order valence-corrected chi connectivity index (χ4v) is 3.55. The summed E-state index contributed by atoms with van der Waals surface area (Å²) in [6.45, 7) is 5.19. The van der Waals surface area contributed by atoms with Gasteiger partial charge in [-0.2, -0.15) is 11.8 Å². The van der Waals surface area contributed by atoms with E-state index in [0.717, 1.165) is 6.61 Å². The van der Waals surface area contributed by atoms with Gasteiger partial charge in [-0.25, -0.2) is 0 Å². The van der Waals surface area contributed by atoms with E-state index in [-0.39, 0.29) is 0 Å². The molecule has 0 saturated carbocycles. The quantitative estimate of drug-likeness (QED) is 0.488. The highest BCUT2D eigenvalue weighted by atomic mass is 32.2. The van der Waals surface area contributed by atoms with Gasteiger partial charge in [0.2, 0.25) is 0 Å². The number of hydrogen-bond donors (Lipinski definition) is 0. The lowest BCUT2D eigenvalue weighted by atomic mass is 9.95. The van der Waals surface area contributed by atoms with Gasteiger partial charge in [0.05, 0.1) is 12.9 Å². The Morgan fingerprint density at radius 2 is 2.36 bits per heavy atom. The highest BCUT2D eigenvalue weighted by molar-refractivity contribution is 8.00. The van der Waals surface area contributed by atoms with Crippen LogP contribution >= 0.6 is 11.8 Å². The molecule has 0 bridgehead atoms. The van der Waals surface area contributed by atoms with Gasteiger partial charge in [0, 0.05) is 4.75 Å². The van der Waals surface area contributed by atoms with E-state index in [1.54, 1.807) is 6.26 Å². The Balaban J connectivity index is 2.14. The SMILES string of the molecule is C/C=C/OCCCC1(CC)CCCS1. The first-order valence-electron chi connectivity index (χ1n) is 5.70. The van der Waals surface area contributed by atoms with Gasteiger partial charge in [-0.1, -0.05) is 13.0 Å². The minimum atomic E-state index is 0.597. The zero-order chi connectivity index (χ0) is 10.3. The summed E-state index contributed by atoms with van der Waals surface area (Å²) in [6.07, 6.45) is 10.4. The molecule has 1 heterocycles. The van der Waals surface area contributed by atoms with Crippen molar-refractivity contribution in [1.82, 2.24) is 0 Å². The number of allylic oxidation sites excluding steroid dienone is 1. The molecular weight excluding hydrogens is 192 g/mol. The molecule has 1 nitrogen and oxygen atoms in total. The first kappa shape index (κ1) is 12.0. The van der Waals surface area contributed by atoms with Crippen LogP contribution in [0.25, 0.3) is 0 Å². The molecule has 82 valence electrons. The van der Waals surface area contributed by atoms with Gasteiger partial charge in [0.1, 0.15) is 0 Å². The van der Waals surface area contributed by atoms with Gasteiger partial charge in [-0.05, 0) is 44.8 Å². The molecule has 0 amide bonds. The molecule has 14 heavy (non-hydrogen) atoms. The van der Waals surface area contributed by atoms with E-state index in [4.69, 9.17) is 4.74 Å². The average molecular weight is 214 g/mol. The van der Waals surface area contributed by atoms with E-state index in [0.29, 0.717) is 4.75 Å². The molecule has 0 aromatic rings. The van der Waals surface area contributed by atoms with Crippen molar-refractivity contribution in [3.05, 3.63) is 12.3 Å². The summed E-state index contributed by atoms with van der Waals surface area (Å²) in [5.41, 5.74) is 0. The third-order valence-corrected chi connectivity index (χ3v) is 4.76. The highest BCUT2D eigenvalue weighted by Gasteiger charge is 2.31. The molecule has 0 N–H and O–H groups in total. The Kier molecular flexibility index (Phi) is 5.46. The van der Waals surface area contributed by atoms with Crippen LogP contribution in [0.1, 0.15) is 46.0 Å². The Bertz CT molecular complexity index is 171. The van der Waals surface area contributed by atoms with E-state index in [2.05, 4.69) is 18.7 Å². The molecule has 1 atom stereocenters. The summed E-state index contributed by atoms with van der Waals surface area (Å²) < 4.78 is 5.94. The number of thioether (sulfide) groups is 1. The third-order valence-electron chi connectivity index (χ3n) is 2.96. The van der Waals surface area contributed by atoms with E-state index >= 15 is 0 Å². The summed E-state index contributed by atoms with van der Waals surface area (Å²) >= 11 is 2.18. The second-order valence-electron chi connectivity index (χ2n) is 3.93. The predicted molar refractivity (Wildman–Crippen MR) is 64.7 cm³/mol. The van der Waals surface area contributed by atoms with Crippen LogP contribution in [-0.2, 0) is 4.74 Å². The van der Waals surface area contributed by atoms with Gasteiger partial charge in [-0.3, -0.25) is 0 Å². The zero-order valence-corrected chi connectivity index (χ0v) is 10.2. The second kappa shape index (κ2) is 6.39. The van der Waals surface area contributed by atoms with E-state index < -0.39 is 0 Å². The molecule has 0 spiro atoms. The number of rotatable bonds is 6. The lowest BCUT2D eigenvalue weighted by Gasteiger charge is -2.26. The van der Waals surface area contributed by atoms with Crippen LogP contribution in [0, 0.1) is 0 Å². The molecule has 0 aliphatic carbocycles. The minimum absolute atomic E-state index is 0.597. The summed E-state index contributed by atoms with van der Waals surface area (Å²) in [5, 5.41) is 0. The van der Waals surface area contributed by atoms with E-state index in [9.17, 15) is 0 Å². The molecule has 0 aromatic carbocycles. The fraction of sp³-hybridized carbons (Fsp3) is 0.833. The largest absolute Gasteiger partial charge is 0.502 e. The zero-order valence-electron chi connectivity index (χ0n) is 9.42. The Morgan fingerprint density at radius 1 is 1.50 bits per heavy atom. The summed E-state index contributed by atoms with van der Waals surface area (Å²) in [5.74, 6) is 1.36. The smallest absolute Gasteiger partial charge is 0.0873 e. The minimum Gasteiger partial charge on any atom is -0.502 e. The maximum atomic E-state index is 5.34. The topological polar surface area (TPSA) is 9.23 Å². The number of ether oxygens (including phenoxy) is 1. The molecule has 0 radical (unpaired) electrons. The van der Waals surface area contributed by atoms with Crippen molar-refractivity contribution in [1.29, 1.82) is 0 Å². The van der Waals surface area contributed by atoms with Crippen LogP contribution < -0.4 is 0 Å². The number of hydrogen-bond acceptors (Lipinski definition) is 2. The van der Waals surface area contributed by atoms with Crippen LogP contribution in [0.2, 0.25) is 0 Å². The molecule has 1 unspecified atom stereocenters. The molecular formula is C12H22OS. The first-order chi connectivity index (χ1) is 6.83. The monoisotopic (exact) mass is 214 g/mol. The Labute approximate surface area is 92.3 Å². The van der Waals surface area contributed by atoms with Gasteiger partial charge in [0.25, 0.3) is 0 Å². The van der Waals surface area contributed by atoms with Crippen LogP contribution in [0.15, 0.2) is 12.3 Å². The van der Waals surface area contributed by atoms with Gasteiger partial charge < -0.3 is 4.74 Å². The lowest BCUT2D eigenvalue weighted by Crippen LogP contribution is -2.20. The average Bonchev–Trinajstić information content (AvgIpc) is 2.67. The summed E-state index contributed by atoms with van der Waals surface area (Å²) in [6, 6.07) is 0. The van der Waals surface area contributed by atoms with Crippen LogP contribution in [0.4, 0.5) is 0 Å². The van der Waals surface area contributed by atoms with E-state index in [1.807, 2.05) is 13.0 Å². The molecule has 0 aromatic heterocycles. The van der Waals surface area contributed by atoms with Gasteiger partial charge in [0.15, 0.2) is 0 Å². The lowest BCUT2D eigenvalue weighted by molar-refractivity contribution is 0.234. The maximum absolute atomic E-state index is 5.34.